The van der Waals surface area contributed by atoms with Gasteiger partial charge in [-0.2, -0.15) is 4.68 Å². The second kappa shape index (κ2) is 13.0. The van der Waals surface area contributed by atoms with Crippen molar-refractivity contribution in [2.24, 2.45) is 34.2 Å². The largest absolute Gasteiger partial charge is 0.477 e. The molecule has 44 heavy (non-hydrogen) atoms. The number of amides is 2. The number of likely N-dealkylation sites (tertiary alicyclic amines) is 1. The molecule has 0 radical (unpaired) electrons. The molecule has 238 valence electrons. The molecule has 2 amide bonds. The molecule has 3 fully saturated rings. The Labute approximate surface area is 256 Å². The molecule has 4 aliphatic heterocycles. The van der Waals surface area contributed by atoms with Gasteiger partial charge in [-0.05, 0) is 18.8 Å². The topological polar surface area (TPSA) is 254 Å². The van der Waals surface area contributed by atoms with Crippen LogP contribution in [0.5, 0.6) is 0 Å². The van der Waals surface area contributed by atoms with Crippen LogP contribution in [0.3, 0.4) is 0 Å². The summed E-state index contributed by atoms with van der Waals surface area (Å²) >= 11 is 1.34. The van der Waals surface area contributed by atoms with Gasteiger partial charge < -0.3 is 36.8 Å². The van der Waals surface area contributed by atoms with E-state index in [1.165, 1.54) is 27.7 Å². The maximum atomic E-state index is 13.3. The van der Waals surface area contributed by atoms with E-state index in [-0.39, 0.29) is 65.7 Å². The smallest absolute Gasteiger partial charge is 0.353 e. The molecule has 0 aliphatic carbocycles. The number of aliphatic hydroxyl groups excluding tert-OH is 1. The van der Waals surface area contributed by atoms with Crippen LogP contribution in [-0.4, -0.2) is 120 Å². The molecular weight excluding hydrogens is 596 g/mol. The molecule has 0 bridgehead atoms. The van der Waals surface area contributed by atoms with Gasteiger partial charge in [-0.1, -0.05) is 12.1 Å². The zero-order valence-corrected chi connectivity index (χ0v) is 25.0. The summed E-state index contributed by atoms with van der Waals surface area (Å²) in [6.07, 6.45) is 1.25. The summed E-state index contributed by atoms with van der Waals surface area (Å²) in [6.45, 7) is 3.13. The van der Waals surface area contributed by atoms with E-state index in [1.54, 1.807) is 4.90 Å². The van der Waals surface area contributed by atoms with Crippen molar-refractivity contribution in [3.63, 3.8) is 0 Å². The summed E-state index contributed by atoms with van der Waals surface area (Å²) in [5.41, 5.74) is 10.5. The van der Waals surface area contributed by atoms with Crippen LogP contribution in [0.1, 0.15) is 32.6 Å². The van der Waals surface area contributed by atoms with Gasteiger partial charge in [-0.25, -0.2) is 9.79 Å². The number of tetrazole rings is 1. The molecule has 18 heteroatoms. The normalized spacial score (nSPS) is 28.5. The number of aromatic amines is 1. The number of fused-ring (bicyclic) bond motifs is 1. The van der Waals surface area contributed by atoms with Crippen LogP contribution in [0.4, 0.5) is 0 Å². The van der Waals surface area contributed by atoms with E-state index in [0.29, 0.717) is 43.8 Å². The van der Waals surface area contributed by atoms with Crippen molar-refractivity contribution in [3.05, 3.63) is 16.9 Å². The molecule has 1 aromatic heterocycles. The maximum absolute atomic E-state index is 13.3. The van der Waals surface area contributed by atoms with Gasteiger partial charge in [0.2, 0.25) is 11.8 Å². The Morgan fingerprint density at radius 1 is 1.27 bits per heavy atom. The minimum atomic E-state index is -1.27. The van der Waals surface area contributed by atoms with Crippen molar-refractivity contribution < 1.29 is 38.9 Å². The highest BCUT2D eigenvalue weighted by Gasteiger charge is 2.61. The van der Waals surface area contributed by atoms with Crippen molar-refractivity contribution in [2.75, 3.05) is 26.2 Å². The van der Waals surface area contributed by atoms with Crippen molar-refractivity contribution in [1.29, 1.82) is 0 Å². The number of Topliss-reactive ketones (excluding diaryl/α,β-unsaturated/α-hetero) is 2. The number of nitrogens with two attached hydrogens (primary N) is 2. The molecule has 7 atom stereocenters. The standard InChI is InChI=1S/C26H36N10O7S/c1-12-20-19(18(39)5-15(38)10-35-11-31-32-33-35)24(41)36(20)21(25(42)43)22(12)44-16-6-17(29-8-16)23(40)34-3-2-13(9-34)4-14(37)7-30-26(27)28/h11-13,16-20,29,39H,2-10H2,1H3,(H5,27,28,30,42,43)/p+1/t12-,13+,16+,17+,18+,19-,20-/m1/s1. The lowest BCUT2D eigenvalue weighted by Gasteiger charge is -2.46. The molecule has 5 rings (SSSR count). The fourth-order valence-corrected chi connectivity index (χ4v) is 8.09. The van der Waals surface area contributed by atoms with Gasteiger partial charge >= 0.3 is 5.97 Å². The maximum Gasteiger partial charge on any atom is 0.353 e. The van der Waals surface area contributed by atoms with Crippen molar-refractivity contribution in [2.45, 2.75) is 62.6 Å². The monoisotopic (exact) mass is 633 g/mol. The van der Waals surface area contributed by atoms with Gasteiger partial charge in [0.15, 0.2) is 22.7 Å². The number of hydrogen-bond acceptors (Lipinski definition) is 11. The third-order valence-electron chi connectivity index (χ3n) is 8.65. The lowest BCUT2D eigenvalue weighted by molar-refractivity contribution is -0.742. The van der Waals surface area contributed by atoms with Crippen molar-refractivity contribution in [3.8, 4) is 0 Å². The summed E-state index contributed by atoms with van der Waals surface area (Å²) in [5.74, 6) is -3.63. The molecular formula is C26H37N10O7S+. The van der Waals surface area contributed by atoms with Crippen LogP contribution < -0.4 is 21.5 Å². The number of H-pyrrole nitrogens is 1. The highest BCUT2D eigenvalue weighted by molar-refractivity contribution is 8.03. The number of carboxylic acids is 1. The van der Waals surface area contributed by atoms with E-state index in [9.17, 15) is 34.2 Å². The van der Waals surface area contributed by atoms with Crippen LogP contribution in [0, 0.1) is 17.8 Å². The molecule has 0 aromatic carbocycles. The molecule has 1 aromatic rings. The van der Waals surface area contributed by atoms with Gasteiger partial charge in [0.1, 0.15) is 23.9 Å². The van der Waals surface area contributed by atoms with Gasteiger partial charge in [0.25, 0.3) is 6.33 Å². The van der Waals surface area contributed by atoms with Crippen LogP contribution in [0.15, 0.2) is 21.9 Å². The number of aliphatic imine (C=N–C) groups is 1. The lowest BCUT2D eigenvalue weighted by atomic mass is 9.77. The van der Waals surface area contributed by atoms with E-state index in [2.05, 4.69) is 25.8 Å². The molecule has 8 N–H and O–H groups in total. The number of aromatic nitrogens is 4. The predicted molar refractivity (Wildman–Crippen MR) is 153 cm³/mol. The zero-order valence-electron chi connectivity index (χ0n) is 24.2. The number of thioether (sulfide) groups is 1. The summed E-state index contributed by atoms with van der Waals surface area (Å²) in [6, 6.07) is -1.03. The van der Waals surface area contributed by atoms with Gasteiger partial charge in [0.05, 0.1) is 24.1 Å². The fourth-order valence-electron chi connectivity index (χ4n) is 6.61. The predicted octanol–water partition coefficient (Wildman–Crippen LogP) is -3.27. The SMILES string of the molecule is C[C@H]1C(S[C@@H]2CN[C@H](C(=O)N3CC[C@@H](CC(=O)CN=C(N)N)C3)C2)=C(C(=O)O)N2C(=O)[C@H]([C@@H](O)CC(=O)C[n+]3cnn[nH]3)[C@@H]12. The molecule has 4 aliphatic rings. The first-order valence-corrected chi connectivity index (χ1v) is 15.3. The third-order valence-corrected chi connectivity index (χ3v) is 10.2. The van der Waals surface area contributed by atoms with Crippen LogP contribution in [-0.2, 0) is 30.5 Å². The van der Waals surface area contributed by atoms with Crippen molar-refractivity contribution in [1.82, 2.24) is 30.6 Å². The average Bonchev–Trinajstić information content (AvgIpc) is 3.76. The highest BCUT2D eigenvalue weighted by Crippen LogP contribution is 2.52. The number of aliphatic hydroxyl groups is 1. The summed E-state index contributed by atoms with van der Waals surface area (Å²) in [5, 5.41) is 33.6. The van der Waals surface area contributed by atoms with Gasteiger partial charge in [-0.15, -0.1) is 11.8 Å². The molecule has 0 spiro atoms. The fraction of sp³-hybridized carbons (Fsp3) is 0.654. The minimum Gasteiger partial charge on any atom is -0.477 e. The number of aliphatic carboxylic acids is 1. The Kier molecular flexibility index (Phi) is 9.31. The minimum absolute atomic E-state index is 0.0386. The summed E-state index contributed by atoms with van der Waals surface area (Å²) < 4.78 is 1.34. The molecule has 0 saturated carbocycles. The quantitative estimate of drug-likeness (QED) is 0.0540. The molecule has 3 saturated heterocycles. The Morgan fingerprint density at radius 2 is 2.05 bits per heavy atom. The number of carbonyl (C=O) groups is 5. The van der Waals surface area contributed by atoms with Gasteiger partial charge in [0, 0.05) is 48.5 Å². The highest BCUT2D eigenvalue weighted by atomic mass is 32.2. The summed E-state index contributed by atoms with van der Waals surface area (Å²) in [7, 11) is 0. The Hall–Kier alpha value is -3.90. The lowest BCUT2D eigenvalue weighted by Crippen LogP contribution is -2.64. The average molecular weight is 634 g/mol. The number of rotatable bonds is 13. The van der Waals surface area contributed by atoms with E-state index >= 15 is 0 Å². The Morgan fingerprint density at radius 3 is 2.73 bits per heavy atom. The van der Waals surface area contributed by atoms with Crippen molar-refractivity contribution >= 4 is 47.1 Å². The van der Waals surface area contributed by atoms with E-state index in [0.717, 1.165) is 0 Å². The second-order valence-electron chi connectivity index (χ2n) is 11.8. The number of nitrogens with zero attached hydrogens (tertiary/aromatic N) is 6. The molecule has 0 unspecified atom stereocenters. The Balaban J connectivity index is 1.16. The molecule has 17 nitrogen and oxygen atoms in total. The zero-order chi connectivity index (χ0) is 31.7. The van der Waals surface area contributed by atoms with Crippen LogP contribution in [0.25, 0.3) is 0 Å². The Bertz CT molecular complexity index is 1380. The number of ketones is 2. The number of guanidine groups is 1. The first-order chi connectivity index (χ1) is 20.9. The molecule has 5 heterocycles. The number of carbonyl (C=O) groups excluding carboxylic acids is 4. The number of β-lactam (4-membered cyclic amide) rings is 1. The third kappa shape index (κ3) is 6.46. The number of carboxylic acid groups (broad SMARTS) is 1. The van der Waals surface area contributed by atoms with Gasteiger partial charge in [-0.3, -0.25) is 19.2 Å². The first kappa shape index (κ1) is 31.5. The van der Waals surface area contributed by atoms with E-state index in [1.807, 2.05) is 6.92 Å². The second-order valence-corrected chi connectivity index (χ2v) is 13.1. The first-order valence-electron chi connectivity index (χ1n) is 14.5. The van der Waals surface area contributed by atoms with E-state index in [4.69, 9.17) is 11.5 Å². The van der Waals surface area contributed by atoms with Crippen LogP contribution >= 0.6 is 11.8 Å². The van der Waals surface area contributed by atoms with E-state index < -0.39 is 36.0 Å². The van der Waals surface area contributed by atoms with Crippen LogP contribution in [0.2, 0.25) is 0 Å². The number of hydrogen-bond donors (Lipinski definition) is 6. The summed E-state index contributed by atoms with van der Waals surface area (Å²) in [4.78, 5) is 70.5. The number of nitrogens with one attached hydrogen (secondary N) is 2.